The highest BCUT2D eigenvalue weighted by atomic mass is 31.2. The van der Waals surface area contributed by atoms with E-state index in [1.807, 2.05) is 19.9 Å². The molecule has 2 rings (SSSR count). The Morgan fingerprint density at radius 1 is 1.47 bits per heavy atom. The monoisotopic (exact) mass is 282 g/mol. The molecule has 102 valence electrons. The Balaban J connectivity index is 2.84. The van der Waals surface area contributed by atoms with Gasteiger partial charge in [-0.3, -0.25) is 0 Å². The maximum atomic E-state index is 12.1. The van der Waals surface area contributed by atoms with Gasteiger partial charge in [-0.15, -0.1) is 4.68 Å². The first-order valence-electron chi connectivity index (χ1n) is 5.70. The van der Waals surface area contributed by atoms with E-state index >= 15 is 0 Å². The van der Waals surface area contributed by atoms with Crippen molar-refractivity contribution in [3.63, 3.8) is 0 Å². The lowest BCUT2D eigenvalue weighted by molar-refractivity contribution is -0.568. The molecule has 19 heavy (non-hydrogen) atoms. The first-order valence-corrected chi connectivity index (χ1v) is 6.88. The molecular weight excluding hydrogens is 267 g/mol. The Bertz CT molecular complexity index is 683. The molecule has 0 bridgehead atoms. The van der Waals surface area contributed by atoms with Crippen LogP contribution in [0.25, 0.3) is 10.9 Å². The summed E-state index contributed by atoms with van der Waals surface area (Å²) in [6.45, 7) is 3.12. The van der Waals surface area contributed by atoms with Crippen LogP contribution in [0.5, 0.6) is 0 Å². The van der Waals surface area contributed by atoms with Crippen molar-refractivity contribution in [2.24, 2.45) is 7.05 Å². The number of hydrogen-bond donors (Lipinski definition) is 1. The lowest BCUT2D eigenvalue weighted by atomic mass is 10.1. The average Bonchev–Trinajstić information content (AvgIpc) is 2.37. The topological polar surface area (TPSA) is 80.4 Å². The van der Waals surface area contributed by atoms with E-state index in [0.29, 0.717) is 16.2 Å². The van der Waals surface area contributed by atoms with Crippen LogP contribution in [0.3, 0.4) is 0 Å². The van der Waals surface area contributed by atoms with Gasteiger partial charge in [0.2, 0.25) is 0 Å². The SMILES string of the molecule is Cc1ccc2c(P([O-])OCO)cn(C)[n+](=O)c2c1C. The third-order valence-electron chi connectivity index (χ3n) is 3.14. The molecule has 0 saturated carbocycles. The molecule has 1 aromatic heterocycles. The van der Waals surface area contributed by atoms with Crippen molar-refractivity contribution < 1.29 is 19.1 Å². The zero-order valence-electron chi connectivity index (χ0n) is 11.0. The van der Waals surface area contributed by atoms with E-state index < -0.39 is 15.2 Å². The van der Waals surface area contributed by atoms with E-state index in [2.05, 4.69) is 0 Å². The smallest absolute Gasteiger partial charge is 0.303 e. The molecule has 1 unspecified atom stereocenters. The molecule has 7 heteroatoms. The van der Waals surface area contributed by atoms with Gasteiger partial charge in [-0.1, -0.05) is 6.07 Å². The van der Waals surface area contributed by atoms with Crippen LogP contribution >= 0.6 is 8.38 Å². The lowest BCUT2D eigenvalue weighted by Crippen LogP contribution is -2.34. The summed E-state index contributed by atoms with van der Waals surface area (Å²) in [6, 6.07) is 3.61. The molecule has 0 saturated heterocycles. The quantitative estimate of drug-likeness (QED) is 0.487. The fourth-order valence-corrected chi connectivity index (χ4v) is 2.86. The van der Waals surface area contributed by atoms with E-state index in [0.717, 1.165) is 15.7 Å². The second-order valence-corrected chi connectivity index (χ2v) is 5.53. The summed E-state index contributed by atoms with van der Waals surface area (Å²) in [5.74, 6) is 0. The van der Waals surface area contributed by atoms with Gasteiger partial charge in [0.25, 0.3) is 0 Å². The molecule has 0 aliphatic heterocycles. The minimum absolute atomic E-state index is 0.400. The molecule has 2 aromatic rings. The van der Waals surface area contributed by atoms with Crippen LogP contribution in [-0.4, -0.2) is 16.6 Å². The van der Waals surface area contributed by atoms with Gasteiger partial charge in [-0.25, -0.2) is 0 Å². The zero-order valence-corrected chi connectivity index (χ0v) is 11.8. The largest absolute Gasteiger partial charge is 0.804 e. The fourth-order valence-electron chi connectivity index (χ4n) is 1.98. The normalized spacial score (nSPS) is 12.9. The van der Waals surface area contributed by atoms with Crippen LogP contribution in [0.4, 0.5) is 0 Å². The van der Waals surface area contributed by atoms with Gasteiger partial charge in [0.05, 0.1) is 23.5 Å². The number of hydrogen-bond acceptors (Lipinski definition) is 4. The molecule has 1 N–H and O–H groups in total. The zero-order chi connectivity index (χ0) is 14.2. The number of aliphatic hydroxyl groups excluding tert-OH is 1. The molecule has 1 aromatic carbocycles. The minimum Gasteiger partial charge on any atom is -0.804 e. The Labute approximate surface area is 111 Å². The van der Waals surface area contributed by atoms with E-state index in [1.165, 1.54) is 10.9 Å². The third kappa shape index (κ3) is 2.40. The van der Waals surface area contributed by atoms with Gasteiger partial charge in [0.1, 0.15) is 6.79 Å². The van der Waals surface area contributed by atoms with Crippen molar-refractivity contribution in [1.29, 1.82) is 0 Å². The van der Waals surface area contributed by atoms with Crippen molar-refractivity contribution in [3.8, 4) is 0 Å². The Hall–Kier alpha value is -1.33. The van der Waals surface area contributed by atoms with Gasteiger partial charge in [-0.2, -0.15) is 0 Å². The van der Waals surface area contributed by atoms with Crippen LogP contribution in [0.15, 0.2) is 18.3 Å². The van der Waals surface area contributed by atoms with Crippen molar-refractivity contribution in [2.45, 2.75) is 13.8 Å². The van der Waals surface area contributed by atoms with Crippen LogP contribution in [-0.2, 0) is 11.6 Å². The highest BCUT2D eigenvalue weighted by Gasteiger charge is 2.19. The number of benzene rings is 1. The van der Waals surface area contributed by atoms with Crippen LogP contribution < -0.4 is 14.7 Å². The molecule has 1 atom stereocenters. The molecule has 0 amide bonds. The predicted molar refractivity (Wildman–Crippen MR) is 70.5 cm³/mol. The standard InChI is InChI=1S/C12H15N2O4P/c1-8-4-5-10-11(19(17)18-7-15)6-13(3)14(16)12(10)9(8)2/h4-6,15H,7H2,1-3H3. The Morgan fingerprint density at radius 2 is 2.16 bits per heavy atom. The maximum Gasteiger partial charge on any atom is 0.303 e. The van der Waals surface area contributed by atoms with Crippen molar-refractivity contribution in [1.82, 2.24) is 4.68 Å². The number of fused-ring (bicyclic) bond motifs is 1. The average molecular weight is 282 g/mol. The molecule has 0 aliphatic carbocycles. The molecule has 0 aliphatic rings. The number of aryl methyl sites for hydroxylation is 3. The van der Waals surface area contributed by atoms with E-state index in [9.17, 15) is 9.80 Å². The Kier molecular flexibility index (Phi) is 3.96. The molecular formula is C12H15N2O4P. The number of aliphatic hydroxyl groups is 1. The van der Waals surface area contributed by atoms with E-state index in [-0.39, 0.29) is 0 Å². The number of nitrogens with zero attached hydrogens (tertiary/aromatic N) is 2. The maximum absolute atomic E-state index is 12.1. The predicted octanol–water partition coefficient (Wildman–Crippen LogP) is -0.0265. The summed E-state index contributed by atoms with van der Waals surface area (Å²) in [5, 5.41) is 9.69. The summed E-state index contributed by atoms with van der Waals surface area (Å²) in [6.07, 6.45) is 1.46. The number of aromatic nitrogens is 2. The summed E-state index contributed by atoms with van der Waals surface area (Å²) < 4.78 is 6.80. The summed E-state index contributed by atoms with van der Waals surface area (Å²) in [7, 11) is -0.630. The summed E-state index contributed by atoms with van der Waals surface area (Å²) >= 11 is 0. The van der Waals surface area contributed by atoms with Crippen molar-refractivity contribution in [3.05, 3.63) is 34.4 Å². The highest BCUT2D eigenvalue weighted by Crippen LogP contribution is 2.29. The van der Waals surface area contributed by atoms with E-state index in [4.69, 9.17) is 9.63 Å². The Morgan fingerprint density at radius 3 is 2.79 bits per heavy atom. The summed E-state index contributed by atoms with van der Waals surface area (Å²) in [5.41, 5.74) is 2.27. The first kappa shape index (κ1) is 14.1. The minimum atomic E-state index is -2.20. The first-order chi connectivity index (χ1) is 8.97. The molecule has 6 nitrogen and oxygen atoms in total. The second-order valence-electron chi connectivity index (χ2n) is 4.28. The molecule has 0 spiro atoms. The van der Waals surface area contributed by atoms with E-state index in [1.54, 1.807) is 13.1 Å². The number of rotatable bonds is 3. The summed E-state index contributed by atoms with van der Waals surface area (Å²) in [4.78, 5) is 24.1. The molecule has 0 fully saturated rings. The van der Waals surface area contributed by atoms with Crippen molar-refractivity contribution in [2.75, 3.05) is 6.79 Å². The fraction of sp³-hybridized carbons (Fsp3) is 0.333. The second kappa shape index (κ2) is 5.35. The van der Waals surface area contributed by atoms with Gasteiger partial charge >= 0.3 is 5.52 Å². The third-order valence-corrected chi connectivity index (χ3v) is 4.24. The highest BCUT2D eigenvalue weighted by molar-refractivity contribution is 7.54. The van der Waals surface area contributed by atoms with Crippen LogP contribution in [0.1, 0.15) is 11.1 Å². The van der Waals surface area contributed by atoms with Crippen LogP contribution in [0.2, 0.25) is 0 Å². The van der Waals surface area contributed by atoms with Gasteiger partial charge in [0.15, 0.2) is 4.54 Å². The van der Waals surface area contributed by atoms with Crippen molar-refractivity contribution >= 4 is 24.6 Å². The van der Waals surface area contributed by atoms with Crippen LogP contribution in [0, 0.1) is 18.8 Å². The molecule has 1 heterocycles. The lowest BCUT2D eigenvalue weighted by Gasteiger charge is -2.22. The van der Waals surface area contributed by atoms with Gasteiger partial charge in [-0.05, 0) is 33.9 Å². The molecule has 0 radical (unpaired) electrons. The van der Waals surface area contributed by atoms with Gasteiger partial charge in [0, 0.05) is 10.9 Å². The van der Waals surface area contributed by atoms with Gasteiger partial charge < -0.3 is 14.5 Å².